The van der Waals surface area contributed by atoms with Crippen LogP contribution in [0.5, 0.6) is 0 Å². The molecule has 3 atom stereocenters. The molecule has 5 heteroatoms. The predicted octanol–water partition coefficient (Wildman–Crippen LogP) is 9.77. The summed E-state index contributed by atoms with van der Waals surface area (Å²) in [6, 6.07) is 0. The maximum absolute atomic E-state index is 12.4. The first-order chi connectivity index (χ1) is 12.3. The van der Waals surface area contributed by atoms with E-state index in [1.165, 1.54) is 44.9 Å². The van der Waals surface area contributed by atoms with Crippen molar-refractivity contribution in [3.05, 3.63) is 0 Å². The molecule has 0 fully saturated rings. The second kappa shape index (κ2) is 13.1. The number of ketones is 1. The molecule has 0 spiro atoms. The van der Waals surface area contributed by atoms with E-state index in [2.05, 4.69) is 98.3 Å². The van der Waals surface area contributed by atoms with E-state index in [0.29, 0.717) is 17.6 Å². The Morgan fingerprint density at radius 3 is 1.81 bits per heavy atom. The molecule has 0 aliphatic heterocycles. The van der Waals surface area contributed by atoms with Crippen molar-refractivity contribution in [2.75, 3.05) is 0 Å². The van der Waals surface area contributed by atoms with Gasteiger partial charge in [-0.2, -0.15) is 0 Å². The number of carbonyl (C=O) groups is 1. The molecule has 0 aliphatic rings. The molecule has 0 aromatic carbocycles. The number of rotatable bonds is 15. The molecule has 0 heterocycles. The van der Waals surface area contributed by atoms with Gasteiger partial charge >= 0.3 is 0 Å². The van der Waals surface area contributed by atoms with Crippen LogP contribution >= 0.6 is 63.7 Å². The van der Waals surface area contributed by atoms with Gasteiger partial charge in [0.25, 0.3) is 0 Å². The minimum Gasteiger partial charge on any atom is -0.299 e. The van der Waals surface area contributed by atoms with Crippen LogP contribution in [0.1, 0.15) is 106 Å². The normalized spacial score (nSPS) is 17.4. The molecule has 162 valence electrons. The fourth-order valence-corrected chi connectivity index (χ4v) is 4.79. The number of unbranched alkanes of at least 4 members (excludes halogenated alkanes) is 4. The van der Waals surface area contributed by atoms with Crippen LogP contribution in [0.3, 0.4) is 0 Å². The Bertz CT molecular complexity index is 431. The van der Waals surface area contributed by atoms with Gasteiger partial charge in [0, 0.05) is 5.41 Å². The summed E-state index contributed by atoms with van der Waals surface area (Å²) in [6.07, 6.45) is 11.8. The molecule has 0 saturated heterocycles. The topological polar surface area (TPSA) is 17.1 Å². The lowest BCUT2D eigenvalue weighted by Gasteiger charge is -2.35. The van der Waals surface area contributed by atoms with Gasteiger partial charge in [-0.1, -0.05) is 136 Å². The Hall–Kier alpha value is 1.59. The van der Waals surface area contributed by atoms with Crippen LogP contribution in [-0.2, 0) is 4.79 Å². The van der Waals surface area contributed by atoms with Crippen molar-refractivity contribution in [1.29, 1.82) is 0 Å². The number of Topliss-reactive ketones (excluding diaryl/α,β-unsaturated/α-hetero) is 1. The van der Waals surface area contributed by atoms with Crippen molar-refractivity contribution in [3.8, 4) is 0 Å². The summed E-state index contributed by atoms with van der Waals surface area (Å²) in [5.74, 6) is 1.55. The first kappa shape index (κ1) is 28.6. The van der Waals surface area contributed by atoms with Crippen LogP contribution in [0.25, 0.3) is 0 Å². The quantitative estimate of drug-likeness (QED) is 0.129. The van der Waals surface area contributed by atoms with E-state index in [4.69, 9.17) is 0 Å². The third-order valence-electron chi connectivity index (χ3n) is 6.26. The standard InChI is InChI=1S/C22H40Br4O/c1-7-13-17(2)16-18(3)20(5,19(4)27)14-11-9-8-10-12-15-22(25,26)21(6,23)24/h17-18H,7-16H2,1-6H3. The number of carbonyl (C=O) groups excluding carboxylic acids is 1. The second-order valence-corrected chi connectivity index (χ2v) is 16.9. The van der Waals surface area contributed by atoms with Crippen LogP contribution in [0.15, 0.2) is 0 Å². The van der Waals surface area contributed by atoms with Crippen molar-refractivity contribution in [3.63, 3.8) is 0 Å². The molecule has 3 unspecified atom stereocenters. The summed E-state index contributed by atoms with van der Waals surface area (Å²) in [6.45, 7) is 13.0. The maximum atomic E-state index is 12.4. The molecule has 0 aromatic heterocycles. The third-order valence-corrected chi connectivity index (χ3v) is 12.1. The van der Waals surface area contributed by atoms with Crippen LogP contribution < -0.4 is 0 Å². The molecule has 0 amide bonds. The largest absolute Gasteiger partial charge is 0.299 e. The van der Waals surface area contributed by atoms with Gasteiger partial charge in [0.15, 0.2) is 0 Å². The molecule has 0 rings (SSSR count). The molecule has 0 saturated carbocycles. The van der Waals surface area contributed by atoms with Gasteiger partial charge in [-0.05, 0) is 44.9 Å². The Labute approximate surface area is 202 Å². The highest BCUT2D eigenvalue weighted by Gasteiger charge is 2.40. The molecular formula is C22H40Br4O. The summed E-state index contributed by atoms with van der Waals surface area (Å²) in [5.41, 5.74) is -0.156. The van der Waals surface area contributed by atoms with Crippen molar-refractivity contribution in [2.24, 2.45) is 17.3 Å². The minimum atomic E-state index is -0.165. The monoisotopic (exact) mass is 636 g/mol. The SMILES string of the molecule is CCCC(C)CC(C)C(C)(CCCCCCCC(Br)(Br)C(C)(Br)Br)C(C)=O. The molecular weight excluding hydrogens is 600 g/mol. The van der Waals surface area contributed by atoms with Crippen molar-refractivity contribution in [1.82, 2.24) is 0 Å². The molecule has 27 heavy (non-hydrogen) atoms. The number of alkyl halides is 4. The smallest absolute Gasteiger partial charge is 0.135 e. The summed E-state index contributed by atoms with van der Waals surface area (Å²) < 4.78 is -0.299. The summed E-state index contributed by atoms with van der Waals surface area (Å²) >= 11 is 14.8. The van der Waals surface area contributed by atoms with Gasteiger partial charge in [-0.15, -0.1) is 0 Å². The van der Waals surface area contributed by atoms with Gasteiger partial charge in [-0.3, -0.25) is 4.79 Å². The second-order valence-electron chi connectivity index (χ2n) is 8.86. The molecule has 0 aromatic rings. The van der Waals surface area contributed by atoms with E-state index in [1.54, 1.807) is 6.92 Å². The highest BCUT2D eigenvalue weighted by atomic mass is 79.9. The van der Waals surface area contributed by atoms with Crippen LogP contribution in [0, 0.1) is 17.3 Å². The summed E-state index contributed by atoms with van der Waals surface area (Å²) in [5, 5.41) is 0. The summed E-state index contributed by atoms with van der Waals surface area (Å²) in [4.78, 5) is 12.4. The lowest BCUT2D eigenvalue weighted by Crippen LogP contribution is -2.34. The van der Waals surface area contributed by atoms with E-state index < -0.39 is 0 Å². The van der Waals surface area contributed by atoms with Crippen molar-refractivity contribution < 1.29 is 4.79 Å². The average molecular weight is 640 g/mol. The minimum absolute atomic E-state index is 0.134. The zero-order chi connectivity index (χ0) is 21.3. The Balaban J connectivity index is 4.28. The number of halogens is 4. The van der Waals surface area contributed by atoms with Gasteiger partial charge in [-0.25, -0.2) is 0 Å². The van der Waals surface area contributed by atoms with Crippen LogP contribution in [0.2, 0.25) is 0 Å². The van der Waals surface area contributed by atoms with Crippen LogP contribution in [-0.4, -0.2) is 12.3 Å². The maximum Gasteiger partial charge on any atom is 0.135 e. The Kier molecular flexibility index (Phi) is 13.9. The van der Waals surface area contributed by atoms with E-state index in [0.717, 1.165) is 19.3 Å². The lowest BCUT2D eigenvalue weighted by atomic mass is 9.68. The van der Waals surface area contributed by atoms with Crippen LogP contribution in [0.4, 0.5) is 0 Å². The summed E-state index contributed by atoms with van der Waals surface area (Å²) in [7, 11) is 0. The highest BCUT2D eigenvalue weighted by Crippen LogP contribution is 2.51. The Morgan fingerprint density at radius 1 is 0.889 bits per heavy atom. The van der Waals surface area contributed by atoms with Gasteiger partial charge in [0.05, 0.1) is 0 Å². The number of hydrogen-bond acceptors (Lipinski definition) is 1. The van der Waals surface area contributed by atoms with Crippen molar-refractivity contribution in [2.45, 2.75) is 112 Å². The van der Waals surface area contributed by atoms with Gasteiger partial charge in [0.2, 0.25) is 0 Å². The van der Waals surface area contributed by atoms with E-state index in [1.807, 2.05) is 0 Å². The molecule has 1 nitrogen and oxygen atoms in total. The van der Waals surface area contributed by atoms with E-state index >= 15 is 0 Å². The van der Waals surface area contributed by atoms with Gasteiger partial charge in [0.1, 0.15) is 12.3 Å². The van der Waals surface area contributed by atoms with E-state index in [-0.39, 0.29) is 11.9 Å². The zero-order valence-electron chi connectivity index (χ0n) is 18.1. The fourth-order valence-electron chi connectivity index (χ4n) is 3.83. The third kappa shape index (κ3) is 10.4. The predicted molar refractivity (Wildman–Crippen MR) is 136 cm³/mol. The van der Waals surface area contributed by atoms with Gasteiger partial charge < -0.3 is 0 Å². The lowest BCUT2D eigenvalue weighted by molar-refractivity contribution is -0.129. The number of hydrogen-bond donors (Lipinski definition) is 0. The Morgan fingerprint density at radius 2 is 1.37 bits per heavy atom. The highest BCUT2D eigenvalue weighted by molar-refractivity contribution is 9.30. The molecule has 0 bridgehead atoms. The molecule has 0 radical (unpaired) electrons. The van der Waals surface area contributed by atoms with E-state index in [9.17, 15) is 4.79 Å². The first-order valence-corrected chi connectivity index (χ1v) is 13.7. The average Bonchev–Trinajstić information content (AvgIpc) is 2.52. The molecule has 0 N–H and O–H groups in total. The van der Waals surface area contributed by atoms with Crippen molar-refractivity contribution >= 4 is 69.5 Å². The fraction of sp³-hybridized carbons (Fsp3) is 0.955. The molecule has 0 aliphatic carbocycles. The zero-order valence-corrected chi connectivity index (χ0v) is 24.5. The first-order valence-electron chi connectivity index (χ1n) is 10.5.